The summed E-state index contributed by atoms with van der Waals surface area (Å²) in [7, 11) is -4.27. The van der Waals surface area contributed by atoms with E-state index in [1.165, 1.54) is 147 Å². The average molecular weight is 601 g/mol. The molecule has 0 aliphatic rings. The third-order valence-electron chi connectivity index (χ3n) is 9.07. The largest absolute Gasteiger partial charge is 0.295 e. The lowest BCUT2D eigenvalue weighted by atomic mass is 9.91. The summed E-state index contributed by atoms with van der Waals surface area (Å²) in [4.78, 5) is 0.0745. The Hall–Kier alpha value is -1.39. The normalized spacial score (nSPS) is 12.0. The molecule has 0 aliphatic carbocycles. The van der Waals surface area contributed by atoms with Crippen molar-refractivity contribution in [1.29, 1.82) is 0 Å². The molecule has 0 amide bonds. The Morgan fingerprint density at radius 3 is 1.26 bits per heavy atom. The van der Waals surface area contributed by atoms with Gasteiger partial charge in [0, 0.05) is 5.39 Å². The van der Waals surface area contributed by atoms with Gasteiger partial charge in [-0.25, -0.2) is 0 Å². The van der Waals surface area contributed by atoms with Gasteiger partial charge in [0.15, 0.2) is 0 Å². The number of aryl methyl sites for hydroxylation is 2. The number of hydrogen-bond acceptors (Lipinski definition) is 2. The van der Waals surface area contributed by atoms with Crippen LogP contribution in [-0.2, 0) is 23.0 Å². The first-order chi connectivity index (χ1) is 20.5. The van der Waals surface area contributed by atoms with Crippen LogP contribution in [0.1, 0.15) is 179 Å². The highest BCUT2D eigenvalue weighted by Crippen LogP contribution is 2.32. The summed E-state index contributed by atoms with van der Waals surface area (Å²) in [6.07, 6.45) is 33.6. The van der Waals surface area contributed by atoms with E-state index in [2.05, 4.69) is 13.8 Å². The van der Waals surface area contributed by atoms with Crippen LogP contribution in [0, 0.1) is 0 Å². The van der Waals surface area contributed by atoms with Crippen molar-refractivity contribution in [2.45, 2.75) is 186 Å². The molecule has 0 bridgehead atoms. The smallest absolute Gasteiger partial charge is 0.282 e. The van der Waals surface area contributed by atoms with Gasteiger partial charge in [-0.3, -0.25) is 4.55 Å². The van der Waals surface area contributed by atoms with E-state index in [1.807, 2.05) is 24.3 Å². The lowest BCUT2D eigenvalue weighted by Gasteiger charge is -2.16. The molecule has 2 aromatic rings. The minimum Gasteiger partial charge on any atom is -0.282 e. The van der Waals surface area contributed by atoms with Crippen LogP contribution in [0.2, 0.25) is 0 Å². The van der Waals surface area contributed by atoms with Crippen LogP contribution in [0.15, 0.2) is 35.2 Å². The van der Waals surface area contributed by atoms with E-state index in [0.29, 0.717) is 5.39 Å². The van der Waals surface area contributed by atoms with Crippen LogP contribution in [0.3, 0.4) is 0 Å². The van der Waals surface area contributed by atoms with Gasteiger partial charge in [0.2, 0.25) is 0 Å². The molecule has 0 heterocycles. The van der Waals surface area contributed by atoms with E-state index in [0.717, 1.165) is 36.6 Å². The second-order valence-corrected chi connectivity index (χ2v) is 14.2. The van der Waals surface area contributed by atoms with Crippen LogP contribution in [0.4, 0.5) is 0 Å². The second-order valence-electron chi connectivity index (χ2n) is 12.8. The van der Waals surface area contributed by atoms with Gasteiger partial charge in [-0.1, -0.05) is 179 Å². The molecule has 2 rings (SSSR count). The zero-order valence-corrected chi connectivity index (χ0v) is 28.3. The predicted molar refractivity (Wildman–Crippen MR) is 183 cm³/mol. The molecule has 4 heteroatoms. The van der Waals surface area contributed by atoms with E-state index in [9.17, 15) is 13.0 Å². The van der Waals surface area contributed by atoms with Gasteiger partial charge in [0.25, 0.3) is 10.1 Å². The van der Waals surface area contributed by atoms with Crippen molar-refractivity contribution >= 4 is 20.9 Å². The monoisotopic (exact) mass is 600 g/mol. The third-order valence-corrected chi connectivity index (χ3v) is 9.96. The van der Waals surface area contributed by atoms with Gasteiger partial charge >= 0.3 is 0 Å². The topological polar surface area (TPSA) is 54.4 Å². The molecule has 0 saturated heterocycles. The van der Waals surface area contributed by atoms with Crippen molar-refractivity contribution in [1.82, 2.24) is 0 Å². The summed E-state index contributed by atoms with van der Waals surface area (Å²) in [5, 5.41) is 1.66. The molecule has 0 fully saturated rings. The number of fused-ring (bicyclic) bond motifs is 1. The van der Waals surface area contributed by atoms with E-state index in [1.54, 1.807) is 6.07 Å². The highest BCUT2D eigenvalue weighted by atomic mass is 32.2. The molecule has 42 heavy (non-hydrogen) atoms. The molecule has 0 radical (unpaired) electrons. The highest BCUT2D eigenvalue weighted by Gasteiger charge is 2.19. The fraction of sp³-hybridized carbons (Fsp3) is 0.737. The first kappa shape index (κ1) is 36.8. The van der Waals surface area contributed by atoms with Crippen LogP contribution in [-0.4, -0.2) is 13.0 Å². The molecule has 0 aromatic heterocycles. The zero-order valence-electron chi connectivity index (χ0n) is 27.4. The van der Waals surface area contributed by atoms with E-state index >= 15 is 0 Å². The summed E-state index contributed by atoms with van der Waals surface area (Å²) in [5.41, 5.74) is 2.42. The highest BCUT2D eigenvalue weighted by molar-refractivity contribution is 7.86. The first-order valence-corrected chi connectivity index (χ1v) is 19.4. The van der Waals surface area contributed by atoms with Crippen molar-refractivity contribution in [2.24, 2.45) is 0 Å². The van der Waals surface area contributed by atoms with Crippen LogP contribution in [0.25, 0.3) is 10.8 Å². The summed E-state index contributed by atoms with van der Waals surface area (Å²) in [6.45, 7) is 4.55. The Bertz CT molecular complexity index is 1060. The molecular formula is C38H64O3S. The quantitative estimate of drug-likeness (QED) is 0.0819. The Balaban J connectivity index is 1.82. The van der Waals surface area contributed by atoms with Crippen LogP contribution >= 0.6 is 0 Å². The number of benzene rings is 2. The minimum atomic E-state index is -4.27. The first-order valence-electron chi connectivity index (χ1n) is 18.0. The van der Waals surface area contributed by atoms with Gasteiger partial charge in [-0.2, -0.15) is 8.42 Å². The number of hydrogen-bond donors (Lipinski definition) is 1. The molecule has 0 saturated carbocycles. The molecule has 2 aromatic carbocycles. The average Bonchev–Trinajstić information content (AvgIpc) is 2.98. The van der Waals surface area contributed by atoms with Crippen molar-refractivity contribution in [3.8, 4) is 0 Å². The van der Waals surface area contributed by atoms with E-state index in [-0.39, 0.29) is 4.90 Å². The third kappa shape index (κ3) is 15.4. The fourth-order valence-electron chi connectivity index (χ4n) is 6.49. The lowest BCUT2D eigenvalue weighted by molar-refractivity contribution is 0.484. The Morgan fingerprint density at radius 1 is 0.500 bits per heavy atom. The molecular weight excluding hydrogens is 536 g/mol. The van der Waals surface area contributed by atoms with Gasteiger partial charge in [0.1, 0.15) is 4.90 Å². The van der Waals surface area contributed by atoms with E-state index in [4.69, 9.17) is 0 Å². The Kier molecular flexibility index (Phi) is 20.2. The number of unbranched alkanes of at least 4 members (excludes halogenated alkanes) is 22. The zero-order chi connectivity index (χ0) is 30.3. The summed E-state index contributed by atoms with van der Waals surface area (Å²) in [5.74, 6) is 0. The van der Waals surface area contributed by atoms with Gasteiger partial charge in [0.05, 0.1) is 0 Å². The van der Waals surface area contributed by atoms with Gasteiger partial charge < -0.3 is 0 Å². The molecule has 3 nitrogen and oxygen atoms in total. The van der Waals surface area contributed by atoms with Gasteiger partial charge in [-0.15, -0.1) is 0 Å². The maximum absolute atomic E-state index is 12.3. The van der Waals surface area contributed by atoms with Crippen molar-refractivity contribution in [2.75, 3.05) is 0 Å². The summed E-state index contributed by atoms with van der Waals surface area (Å²) >= 11 is 0. The second kappa shape index (κ2) is 23.1. The summed E-state index contributed by atoms with van der Waals surface area (Å²) < 4.78 is 34.7. The SMILES string of the molecule is CCCCCCCCCCCCCCc1cc(S(=O)(=O)O)c2ccccc2c1CCCCCCCCCCCCCC. The molecule has 0 aliphatic heterocycles. The Labute approximate surface area is 260 Å². The summed E-state index contributed by atoms with van der Waals surface area (Å²) in [6, 6.07) is 9.54. The molecule has 1 N–H and O–H groups in total. The van der Waals surface area contributed by atoms with Crippen LogP contribution < -0.4 is 0 Å². The molecule has 240 valence electrons. The van der Waals surface area contributed by atoms with Crippen molar-refractivity contribution in [3.05, 3.63) is 41.5 Å². The van der Waals surface area contributed by atoms with Crippen LogP contribution in [0.5, 0.6) is 0 Å². The predicted octanol–water partition coefficient (Wildman–Crippen LogP) is 12.6. The molecule has 0 atom stereocenters. The Morgan fingerprint density at radius 2 is 0.857 bits per heavy atom. The number of rotatable bonds is 27. The lowest BCUT2D eigenvalue weighted by Crippen LogP contribution is -2.05. The van der Waals surface area contributed by atoms with Crippen molar-refractivity contribution < 1.29 is 13.0 Å². The fourth-order valence-corrected chi connectivity index (χ4v) is 7.24. The minimum absolute atomic E-state index is 0.0745. The maximum Gasteiger partial charge on any atom is 0.295 e. The molecule has 0 unspecified atom stereocenters. The maximum atomic E-state index is 12.3. The molecule has 0 spiro atoms. The van der Waals surface area contributed by atoms with E-state index < -0.39 is 10.1 Å². The van der Waals surface area contributed by atoms with Crippen molar-refractivity contribution in [3.63, 3.8) is 0 Å². The standard InChI is InChI=1S/C38H64O3S/c1-3-5-7-9-11-13-15-17-19-21-23-25-29-34-33-38(42(39,40)41)37-32-28-27-31-36(37)35(34)30-26-24-22-20-18-16-14-12-10-8-6-4-2/h27-28,31-33H,3-26,29-30H2,1-2H3,(H,39,40,41). The van der Waals surface area contributed by atoms with Gasteiger partial charge in [-0.05, 0) is 48.3 Å².